The van der Waals surface area contributed by atoms with Crippen molar-refractivity contribution in [1.82, 2.24) is 4.98 Å². The number of fused-ring (bicyclic) bond motifs is 1. The molecule has 66 heavy (non-hydrogen) atoms. The monoisotopic (exact) mass is 923 g/mol. The second kappa shape index (κ2) is 27.5. The van der Waals surface area contributed by atoms with Crippen LogP contribution in [0.5, 0.6) is 17.2 Å². The Labute approximate surface area is 395 Å². The molecule has 0 amide bonds. The van der Waals surface area contributed by atoms with E-state index in [0.717, 1.165) is 65.4 Å². The number of benzene rings is 3. The molecule has 0 aliphatic heterocycles. The summed E-state index contributed by atoms with van der Waals surface area (Å²) in [7, 11) is 1.66. The highest BCUT2D eigenvalue weighted by Crippen LogP contribution is 2.40. The Morgan fingerprint density at radius 3 is 2.20 bits per heavy atom. The van der Waals surface area contributed by atoms with Crippen molar-refractivity contribution in [3.8, 4) is 17.2 Å². The van der Waals surface area contributed by atoms with Gasteiger partial charge >= 0.3 is 17.9 Å². The summed E-state index contributed by atoms with van der Waals surface area (Å²) in [5, 5.41) is 7.59. The minimum absolute atomic E-state index is 0.292. The second-order valence-corrected chi connectivity index (χ2v) is 18.5. The molecule has 2 aliphatic rings. The highest BCUT2D eigenvalue weighted by molar-refractivity contribution is 7.22. The molecular weight excluding hydrogens is 855 g/mol. The molecule has 356 valence electrons. The minimum Gasteiger partial charge on any atom is -0.494 e. The van der Waals surface area contributed by atoms with Crippen molar-refractivity contribution in [1.29, 1.82) is 0 Å². The van der Waals surface area contributed by atoms with Crippen LogP contribution in [0.2, 0.25) is 0 Å². The predicted molar refractivity (Wildman–Crippen MR) is 261 cm³/mol. The summed E-state index contributed by atoms with van der Waals surface area (Å²) in [6.07, 6.45) is 18.6. The summed E-state index contributed by atoms with van der Waals surface area (Å²) in [5.41, 5.74) is 2.89. The van der Waals surface area contributed by atoms with Gasteiger partial charge in [-0.15, -0.1) is 0 Å². The van der Waals surface area contributed by atoms with Crippen LogP contribution in [0.25, 0.3) is 10.2 Å². The third-order valence-electron chi connectivity index (χ3n) is 12.7. The molecule has 2 saturated carbocycles. The lowest BCUT2D eigenvalue weighted by atomic mass is 9.77. The third-order valence-corrected chi connectivity index (χ3v) is 13.7. The summed E-state index contributed by atoms with van der Waals surface area (Å²) in [6, 6.07) is 21.3. The highest BCUT2D eigenvalue weighted by atomic mass is 32.1. The predicted octanol–water partition coefficient (Wildman–Crippen LogP) is 11.6. The Hall–Kier alpha value is -5.11. The van der Waals surface area contributed by atoms with Crippen molar-refractivity contribution in [2.24, 2.45) is 22.9 Å². The smallest absolute Gasteiger partial charge is 0.330 e. The van der Waals surface area contributed by atoms with Gasteiger partial charge in [-0.3, -0.25) is 9.59 Å². The van der Waals surface area contributed by atoms with Crippen LogP contribution in [0.1, 0.15) is 127 Å². The maximum atomic E-state index is 13.9. The molecule has 1 heterocycles. The van der Waals surface area contributed by atoms with Crippen LogP contribution in [0.4, 0.5) is 5.13 Å². The first-order chi connectivity index (χ1) is 32.3. The Morgan fingerprint density at radius 1 is 0.773 bits per heavy atom. The molecule has 1 aromatic heterocycles. The third kappa shape index (κ3) is 16.0. The second-order valence-electron chi connectivity index (χ2n) is 17.4. The topological polar surface area (TPSA) is 135 Å². The molecule has 2 fully saturated rings. The molecule has 0 spiro atoms. The zero-order valence-electron chi connectivity index (χ0n) is 39.0. The van der Waals surface area contributed by atoms with Gasteiger partial charge in [0.2, 0.25) is 5.13 Å². The number of esters is 3. The molecular formula is C53H69N3O9S. The maximum Gasteiger partial charge on any atom is 0.330 e. The first-order valence-corrected chi connectivity index (χ1v) is 25.0. The molecule has 0 atom stereocenters. The van der Waals surface area contributed by atoms with Gasteiger partial charge in [-0.2, -0.15) is 5.10 Å². The van der Waals surface area contributed by atoms with Crippen molar-refractivity contribution >= 4 is 50.8 Å². The lowest BCUT2D eigenvalue weighted by Gasteiger charge is -2.29. The number of hydrogen-bond donors (Lipinski definition) is 0. The van der Waals surface area contributed by atoms with E-state index < -0.39 is 5.97 Å². The van der Waals surface area contributed by atoms with E-state index >= 15 is 0 Å². The van der Waals surface area contributed by atoms with Gasteiger partial charge in [0.05, 0.1) is 67.8 Å². The Kier molecular flexibility index (Phi) is 21.0. The molecule has 6 rings (SSSR count). The number of para-hydroxylation sites is 1. The summed E-state index contributed by atoms with van der Waals surface area (Å²) >= 11 is 1.57. The average Bonchev–Trinajstić information content (AvgIpc) is 3.79. The van der Waals surface area contributed by atoms with Crippen LogP contribution in [-0.2, 0) is 28.6 Å². The molecule has 0 unspecified atom stereocenters. The van der Waals surface area contributed by atoms with Crippen LogP contribution < -0.4 is 19.2 Å². The van der Waals surface area contributed by atoms with E-state index in [0.29, 0.717) is 88.4 Å². The van der Waals surface area contributed by atoms with Gasteiger partial charge in [-0.05, 0) is 143 Å². The van der Waals surface area contributed by atoms with E-state index in [1.807, 2.05) is 29.3 Å². The minimum atomic E-state index is -0.395. The lowest BCUT2D eigenvalue weighted by Crippen LogP contribution is -2.30. The Balaban J connectivity index is 1.05. The summed E-state index contributed by atoms with van der Waals surface area (Å²) in [4.78, 5) is 43.1. The van der Waals surface area contributed by atoms with E-state index in [1.54, 1.807) is 48.9 Å². The fourth-order valence-corrected chi connectivity index (χ4v) is 9.67. The largest absolute Gasteiger partial charge is 0.494 e. The molecule has 0 N–H and O–H groups in total. The van der Waals surface area contributed by atoms with Gasteiger partial charge in [0.15, 0.2) is 0 Å². The molecule has 13 heteroatoms. The van der Waals surface area contributed by atoms with E-state index in [9.17, 15) is 14.4 Å². The molecule has 0 saturated heterocycles. The van der Waals surface area contributed by atoms with Gasteiger partial charge in [-0.25, -0.2) is 14.8 Å². The zero-order valence-corrected chi connectivity index (χ0v) is 39.8. The fraction of sp³-hybridized carbons (Fsp3) is 0.528. The van der Waals surface area contributed by atoms with Crippen molar-refractivity contribution in [2.75, 3.05) is 51.7 Å². The number of nitrogens with zero attached hydrogens (tertiary/aromatic N) is 3. The van der Waals surface area contributed by atoms with Gasteiger partial charge in [0, 0.05) is 18.7 Å². The first kappa shape index (κ1) is 50.3. The number of thiazole rings is 1. The van der Waals surface area contributed by atoms with Gasteiger partial charge in [-0.1, -0.05) is 68.7 Å². The Morgan fingerprint density at radius 2 is 1.48 bits per heavy atom. The molecule has 2 aliphatic carbocycles. The number of rotatable bonds is 27. The molecule has 0 bridgehead atoms. The average molecular weight is 924 g/mol. The number of hydrogen-bond acceptors (Lipinski definition) is 13. The van der Waals surface area contributed by atoms with Crippen molar-refractivity contribution in [2.45, 2.75) is 116 Å². The number of carbonyl (C=O) groups excluding carboxylic acids is 3. The van der Waals surface area contributed by atoms with Crippen LogP contribution in [0.15, 0.2) is 84.5 Å². The number of carbonyl (C=O) groups is 3. The number of unbranched alkanes of at least 4 members (excludes halogenated alkanes) is 5. The number of aromatic nitrogens is 1. The van der Waals surface area contributed by atoms with Gasteiger partial charge < -0.3 is 28.4 Å². The molecule has 12 nitrogen and oxygen atoms in total. The number of anilines is 1. The van der Waals surface area contributed by atoms with E-state index in [4.69, 9.17) is 38.5 Å². The van der Waals surface area contributed by atoms with Gasteiger partial charge in [0.25, 0.3) is 0 Å². The molecule has 0 radical (unpaired) electrons. The zero-order chi connectivity index (χ0) is 46.4. The van der Waals surface area contributed by atoms with Crippen LogP contribution >= 0.6 is 11.3 Å². The van der Waals surface area contributed by atoms with Gasteiger partial charge in [0.1, 0.15) is 17.2 Å². The van der Waals surface area contributed by atoms with Crippen molar-refractivity contribution in [3.05, 3.63) is 90.5 Å². The molecule has 3 aromatic carbocycles. The number of methoxy groups -OCH3 is 1. The maximum absolute atomic E-state index is 13.9. The number of ether oxygens (including phenoxy) is 6. The van der Waals surface area contributed by atoms with E-state index in [-0.39, 0.29) is 23.8 Å². The summed E-state index contributed by atoms with van der Waals surface area (Å²) in [5.74, 6) is 1.25. The van der Waals surface area contributed by atoms with Crippen molar-refractivity contribution in [3.63, 3.8) is 0 Å². The first-order valence-electron chi connectivity index (χ1n) is 24.2. The van der Waals surface area contributed by atoms with E-state index in [1.165, 1.54) is 50.2 Å². The number of hydrazone groups is 1. The standard InChI is InChI=1S/C53H69N3O9S/c1-4-6-9-14-39-17-19-40(20-18-39)43-25-30-48(44(37-43)38-54-56(31-34-61-36-35-60-3)53-55-47-15-10-11-16-49(47)66-53)65-52(59)42-23-21-41(22-24-42)51(58)64-46-28-26-45(27-29-46)62-32-12-7-8-13-33-63-50(57)5-2/h5,10-11,15-16,25-30,37-42H,2,4,6-9,12-14,17-24,31-36H2,1,3H3/b54-38+. The molecule has 4 aromatic rings. The quantitative estimate of drug-likeness (QED) is 0.0141. The Bertz CT molecular complexity index is 2110. The summed E-state index contributed by atoms with van der Waals surface area (Å²) < 4.78 is 34.9. The van der Waals surface area contributed by atoms with Crippen molar-refractivity contribution < 1.29 is 42.8 Å². The summed E-state index contributed by atoms with van der Waals surface area (Å²) in [6.45, 7) is 8.51. The fourth-order valence-electron chi connectivity index (χ4n) is 8.72. The lowest BCUT2D eigenvalue weighted by molar-refractivity contribution is -0.145. The highest BCUT2D eigenvalue weighted by Gasteiger charge is 2.33. The SMILES string of the molecule is C=CC(=O)OCCCCCCOc1ccc(OC(=O)C2CCC(C(=O)Oc3ccc(C4CCC(CCCCC)CC4)cc3/C=N/N(CCOCCOC)c3nc4ccccc4s3)CC2)cc1. The van der Waals surface area contributed by atoms with Crippen LogP contribution in [0, 0.1) is 17.8 Å². The normalized spacial score (nSPS) is 18.5. The van der Waals surface area contributed by atoms with E-state index in [2.05, 4.69) is 31.7 Å². The van der Waals surface area contributed by atoms with Crippen LogP contribution in [-0.4, -0.2) is 75.8 Å². The van der Waals surface area contributed by atoms with Crippen LogP contribution in [0.3, 0.4) is 0 Å².